The molecule has 0 saturated carbocycles. The molecule has 0 spiro atoms. The highest BCUT2D eigenvalue weighted by molar-refractivity contribution is 5.88. The summed E-state index contributed by atoms with van der Waals surface area (Å²) in [5.41, 5.74) is 9.03. The number of hydrogen-bond donors (Lipinski definition) is 4. The van der Waals surface area contributed by atoms with Crippen molar-refractivity contribution in [1.29, 1.82) is 0 Å². The van der Waals surface area contributed by atoms with E-state index < -0.39 is 36.5 Å². The van der Waals surface area contributed by atoms with Crippen LogP contribution < -0.4 is 10.6 Å². The number of nitrogens with one attached hydrogen (secondary N) is 4. The number of benzene rings is 2. The van der Waals surface area contributed by atoms with Crippen LogP contribution in [0, 0.1) is 0 Å². The average molecular weight is 826 g/mol. The maximum atomic E-state index is 13.9. The second-order valence-electron chi connectivity index (χ2n) is 15.5. The number of H-pyrrole nitrogens is 2. The Bertz CT molecular complexity index is 2150. The number of ether oxygens (including phenoxy) is 5. The van der Waals surface area contributed by atoms with Crippen LogP contribution in [0.2, 0.25) is 0 Å². The summed E-state index contributed by atoms with van der Waals surface area (Å²) in [5.74, 6) is 0.230. The van der Waals surface area contributed by atoms with E-state index in [-0.39, 0.29) is 23.9 Å². The molecule has 320 valence electrons. The van der Waals surface area contributed by atoms with Crippen LogP contribution >= 0.6 is 0 Å². The van der Waals surface area contributed by atoms with Gasteiger partial charge in [-0.05, 0) is 68.2 Å². The van der Waals surface area contributed by atoms with Gasteiger partial charge in [0.2, 0.25) is 11.8 Å². The molecule has 16 heteroatoms. The normalized spacial score (nSPS) is 19.6. The van der Waals surface area contributed by atoms with Gasteiger partial charge in [0.05, 0.1) is 69.3 Å². The average Bonchev–Trinajstić information content (AvgIpc) is 4.13. The summed E-state index contributed by atoms with van der Waals surface area (Å²) in [6.45, 7) is 5.53. The number of hydrogen-bond acceptors (Lipinski definition) is 10. The fraction of sp³-hybridized carbons (Fsp3) is 0.477. The first kappa shape index (κ1) is 42.4. The quantitative estimate of drug-likeness (QED) is 0.124. The van der Waals surface area contributed by atoms with Gasteiger partial charge in [0.15, 0.2) is 0 Å². The number of fused-ring (bicyclic) bond motifs is 1. The third kappa shape index (κ3) is 8.62. The lowest BCUT2D eigenvalue weighted by molar-refractivity contribution is -0.140. The Morgan fingerprint density at radius 1 is 0.683 bits per heavy atom. The summed E-state index contributed by atoms with van der Waals surface area (Å²) >= 11 is 0. The zero-order valence-corrected chi connectivity index (χ0v) is 35.0. The number of imidazole rings is 1. The van der Waals surface area contributed by atoms with Crippen molar-refractivity contribution < 1.29 is 42.9 Å². The Morgan fingerprint density at radius 3 is 1.78 bits per heavy atom. The van der Waals surface area contributed by atoms with Crippen molar-refractivity contribution in [3.05, 3.63) is 77.4 Å². The van der Waals surface area contributed by atoms with E-state index in [1.165, 1.54) is 28.4 Å². The molecule has 4 aromatic rings. The minimum absolute atomic E-state index is 0.201. The molecule has 0 aliphatic carbocycles. The third-order valence-corrected chi connectivity index (χ3v) is 12.1. The van der Waals surface area contributed by atoms with E-state index in [0.29, 0.717) is 32.1 Å². The zero-order chi connectivity index (χ0) is 42.5. The molecule has 0 bridgehead atoms. The molecular formula is C44H55N7O9. The molecule has 3 aliphatic heterocycles. The maximum Gasteiger partial charge on any atom is 0.407 e. The summed E-state index contributed by atoms with van der Waals surface area (Å²) < 4.78 is 26.4. The van der Waals surface area contributed by atoms with Gasteiger partial charge in [0.25, 0.3) is 0 Å². The number of amides is 4. The first-order valence-electron chi connectivity index (χ1n) is 20.5. The highest BCUT2D eigenvalue weighted by Gasteiger charge is 2.41. The molecule has 5 heterocycles. The minimum Gasteiger partial charge on any atom is -0.453 e. The number of rotatable bonds is 13. The van der Waals surface area contributed by atoms with Gasteiger partial charge in [-0.3, -0.25) is 9.59 Å². The number of aromatic amines is 2. The molecule has 2 saturated heterocycles. The lowest BCUT2D eigenvalue weighted by atomic mass is 9.99. The van der Waals surface area contributed by atoms with E-state index in [0.717, 1.165) is 82.6 Å². The molecule has 16 nitrogen and oxygen atoms in total. The van der Waals surface area contributed by atoms with E-state index in [2.05, 4.69) is 69.1 Å². The lowest BCUT2D eigenvalue weighted by Crippen LogP contribution is -2.55. The maximum absolute atomic E-state index is 13.9. The Morgan fingerprint density at radius 2 is 1.20 bits per heavy atom. The van der Waals surface area contributed by atoms with E-state index in [4.69, 9.17) is 28.7 Å². The zero-order valence-electron chi connectivity index (χ0n) is 35.0. The molecule has 3 aliphatic rings. The van der Waals surface area contributed by atoms with E-state index in [9.17, 15) is 19.2 Å². The number of likely N-dealkylation sites (tertiary alicyclic amines) is 2. The topological polar surface area (TPSA) is 189 Å². The van der Waals surface area contributed by atoms with Crippen LogP contribution in [0.1, 0.15) is 80.7 Å². The minimum atomic E-state index is -0.905. The summed E-state index contributed by atoms with van der Waals surface area (Å²) in [6, 6.07) is 14.4. The molecular weight excluding hydrogens is 771 g/mol. The van der Waals surface area contributed by atoms with E-state index in [1.807, 2.05) is 4.90 Å². The second kappa shape index (κ2) is 18.7. The van der Waals surface area contributed by atoms with Gasteiger partial charge in [-0.1, -0.05) is 48.5 Å². The summed E-state index contributed by atoms with van der Waals surface area (Å²) in [4.78, 5) is 67.4. The van der Waals surface area contributed by atoms with Crippen molar-refractivity contribution in [2.24, 2.45) is 0 Å². The molecule has 6 atom stereocenters. The molecule has 60 heavy (non-hydrogen) atoms. The number of piperidine rings is 1. The van der Waals surface area contributed by atoms with Crippen LogP contribution in [-0.4, -0.2) is 115 Å². The van der Waals surface area contributed by atoms with Gasteiger partial charge in [0.1, 0.15) is 17.9 Å². The Hall–Kier alpha value is -5.71. The monoisotopic (exact) mass is 825 g/mol. The number of carbonyl (C=O) groups is 4. The lowest BCUT2D eigenvalue weighted by Gasteiger charge is -2.37. The summed E-state index contributed by atoms with van der Waals surface area (Å²) in [7, 11) is 5.55. The predicted molar refractivity (Wildman–Crippen MR) is 221 cm³/mol. The van der Waals surface area contributed by atoms with Gasteiger partial charge in [-0.2, -0.15) is 0 Å². The van der Waals surface area contributed by atoms with Crippen molar-refractivity contribution in [3.8, 4) is 33.6 Å². The van der Waals surface area contributed by atoms with Crippen LogP contribution in [-0.2, 0) is 46.5 Å². The molecule has 2 aromatic carbocycles. The number of nitrogens with zero attached hydrogens (tertiary/aromatic N) is 3. The van der Waals surface area contributed by atoms with Gasteiger partial charge in [0, 0.05) is 44.1 Å². The number of alkyl carbamates (subject to hydrolysis) is 2. The molecule has 7 rings (SSSR count). The van der Waals surface area contributed by atoms with Crippen molar-refractivity contribution in [2.75, 3.05) is 41.5 Å². The Balaban J connectivity index is 1.06. The number of carbonyl (C=O) groups excluding carboxylic acids is 4. The van der Waals surface area contributed by atoms with Crippen molar-refractivity contribution in [3.63, 3.8) is 0 Å². The van der Waals surface area contributed by atoms with Crippen molar-refractivity contribution in [2.45, 2.75) is 95.5 Å². The standard InChI is InChI=1S/C44H55N7O9/c1-25(56-3)36(48-43(54)58-5)41(52)50-21-9-11-34(50)39-32-24-60-23-31(32)38(47-39)30-18-14-28(15-19-30)27-12-16-29(17-13-27)33-22-45-40(46-33)35-10-7-8-20-51(35)42(53)37(26(2)57-4)49-44(55)59-6/h12-19,22,25-26,34-37,47H,7-11,20-21,23-24H2,1-6H3,(H,45,46)(H,48,54)(H,49,55)/t25?,26-,34+,35+,36+,37+/m1/s1. The molecule has 2 fully saturated rings. The first-order chi connectivity index (χ1) is 29.1. The molecule has 1 unspecified atom stereocenters. The molecule has 4 N–H and O–H groups in total. The van der Waals surface area contributed by atoms with Gasteiger partial charge >= 0.3 is 12.2 Å². The second-order valence-corrected chi connectivity index (χ2v) is 15.5. The van der Waals surface area contributed by atoms with Crippen LogP contribution in [0.4, 0.5) is 9.59 Å². The molecule has 2 aromatic heterocycles. The predicted octanol–water partition coefficient (Wildman–Crippen LogP) is 6.01. The summed E-state index contributed by atoms with van der Waals surface area (Å²) in [6.07, 6.45) is 3.44. The molecule has 0 radical (unpaired) electrons. The SMILES string of the molecule is COC(=O)N[C@H](C(=O)N1CCC[C@H]1c1[nH]c(-c2ccc(-c3ccc(-c4cnc([C@@H]5CCCCN5C(=O)[C@@H](NC(=O)OC)[C@@H](C)OC)[nH]4)cc3)cc2)c2c1COC2)C(C)OC. The highest BCUT2D eigenvalue weighted by Crippen LogP contribution is 2.42. The smallest absolute Gasteiger partial charge is 0.407 e. The van der Waals surface area contributed by atoms with Crippen LogP contribution in [0.15, 0.2) is 54.7 Å². The van der Waals surface area contributed by atoms with Crippen LogP contribution in [0.5, 0.6) is 0 Å². The van der Waals surface area contributed by atoms with Crippen LogP contribution in [0.25, 0.3) is 33.6 Å². The number of aromatic nitrogens is 3. The number of methoxy groups -OCH3 is 4. The molecule has 4 amide bonds. The Kier molecular flexibility index (Phi) is 13.2. The highest BCUT2D eigenvalue weighted by atomic mass is 16.5. The first-order valence-corrected chi connectivity index (χ1v) is 20.5. The van der Waals surface area contributed by atoms with Crippen molar-refractivity contribution >= 4 is 24.0 Å². The Labute approximate surface area is 349 Å². The fourth-order valence-electron chi connectivity index (χ4n) is 8.60. The fourth-order valence-corrected chi connectivity index (χ4v) is 8.60. The largest absolute Gasteiger partial charge is 0.453 e. The van der Waals surface area contributed by atoms with E-state index in [1.54, 1.807) is 24.9 Å². The van der Waals surface area contributed by atoms with Crippen LogP contribution in [0.3, 0.4) is 0 Å². The van der Waals surface area contributed by atoms with Gasteiger partial charge in [-0.25, -0.2) is 14.6 Å². The van der Waals surface area contributed by atoms with Crippen molar-refractivity contribution in [1.82, 2.24) is 35.4 Å². The van der Waals surface area contributed by atoms with Gasteiger partial charge < -0.3 is 54.1 Å². The third-order valence-electron chi connectivity index (χ3n) is 12.1. The summed E-state index contributed by atoms with van der Waals surface area (Å²) in [5, 5.41) is 5.31. The van der Waals surface area contributed by atoms with Gasteiger partial charge in [-0.15, -0.1) is 0 Å². The van der Waals surface area contributed by atoms with E-state index >= 15 is 0 Å².